The Labute approximate surface area is 209 Å². The van der Waals surface area contributed by atoms with Crippen molar-refractivity contribution >= 4 is 16.6 Å². The molecule has 0 amide bonds. The van der Waals surface area contributed by atoms with E-state index < -0.39 is 16.6 Å². The van der Waals surface area contributed by atoms with Crippen LogP contribution in [0.5, 0.6) is 0 Å². The second-order valence-corrected chi connectivity index (χ2v) is 23.9. The molecule has 0 aliphatic heterocycles. The van der Waals surface area contributed by atoms with Crippen LogP contribution in [0.15, 0.2) is 0 Å². The van der Waals surface area contributed by atoms with E-state index >= 15 is 0 Å². The van der Waals surface area contributed by atoms with E-state index in [4.69, 9.17) is 13.6 Å². The molecule has 5 atom stereocenters. The third-order valence-electron chi connectivity index (χ3n) is 9.11. The molecule has 2 fully saturated rings. The van der Waals surface area contributed by atoms with E-state index in [0.717, 1.165) is 37.9 Å². The fraction of sp³-hybridized carbons (Fsp3) is 1.00. The molecule has 0 heterocycles. The molecule has 2 saturated carbocycles. The first-order valence-electron chi connectivity index (χ1n) is 13.8. The molecule has 0 unspecified atom stereocenters. The highest BCUT2D eigenvalue weighted by Crippen LogP contribution is 2.59. The topological polar surface area (TPSA) is 27.7 Å². The molecule has 0 radical (unpaired) electrons. The van der Waals surface area contributed by atoms with Gasteiger partial charge in [0.15, 0.2) is 16.6 Å². The Balaban J connectivity index is 1.87. The molecule has 5 heteroatoms. The highest BCUT2D eigenvalue weighted by Gasteiger charge is 2.54. The van der Waals surface area contributed by atoms with Gasteiger partial charge in [0.2, 0.25) is 0 Å². The van der Waals surface area contributed by atoms with Gasteiger partial charge in [0.05, 0.1) is 5.60 Å². The number of fused-ring (bicyclic) bond motifs is 1. The highest BCUT2D eigenvalue weighted by molar-refractivity contribution is 6.74. The van der Waals surface area contributed by atoms with Gasteiger partial charge in [-0.3, -0.25) is 0 Å². The first-order chi connectivity index (χ1) is 14.9. The Morgan fingerprint density at radius 3 is 2.18 bits per heavy atom. The number of rotatable bonds is 11. The van der Waals surface area contributed by atoms with Crippen LogP contribution in [-0.2, 0) is 13.6 Å². The molecular formula is C28H58O3Si2. The maximum absolute atomic E-state index is 7.03. The molecule has 196 valence electrons. The van der Waals surface area contributed by atoms with Crippen LogP contribution >= 0.6 is 0 Å². The van der Waals surface area contributed by atoms with E-state index in [9.17, 15) is 0 Å². The maximum atomic E-state index is 7.03. The third-order valence-corrected chi connectivity index (χ3v) is 14.8. The summed E-state index contributed by atoms with van der Waals surface area (Å²) in [6, 6.07) is 0. The standard InChI is InChI=1S/C28H58O3Si2/c1-22(21-29-20-14-18-27(5,6)31-32(8,9)10)23-16-17-24-25(15-13-19-28(23,24)7)30-33(11,12)26(2,3)4/h22-25H,13-21H2,1-12H3/t22-,23+,24-,25-,28+/m0/s1. The molecular weight excluding hydrogens is 440 g/mol. The summed E-state index contributed by atoms with van der Waals surface area (Å²) in [6.45, 7) is 30.0. The van der Waals surface area contributed by atoms with Crippen molar-refractivity contribution in [2.24, 2.45) is 23.2 Å². The van der Waals surface area contributed by atoms with Crippen LogP contribution in [0.4, 0.5) is 0 Å². The normalized spacial score (nSPS) is 30.4. The number of hydrogen-bond acceptors (Lipinski definition) is 3. The summed E-state index contributed by atoms with van der Waals surface area (Å²) in [5, 5.41) is 0.286. The number of hydrogen-bond donors (Lipinski definition) is 0. The largest absolute Gasteiger partial charge is 0.414 e. The summed E-state index contributed by atoms with van der Waals surface area (Å²) in [7, 11) is -3.23. The molecule has 0 aromatic rings. The lowest BCUT2D eigenvalue weighted by molar-refractivity contribution is -0.0329. The fourth-order valence-electron chi connectivity index (χ4n) is 6.66. The molecule has 0 aromatic carbocycles. The minimum absolute atomic E-state index is 0.0349. The Morgan fingerprint density at radius 1 is 0.970 bits per heavy atom. The van der Waals surface area contributed by atoms with E-state index in [1.165, 1.54) is 32.1 Å². The van der Waals surface area contributed by atoms with Crippen molar-refractivity contribution in [3.63, 3.8) is 0 Å². The van der Waals surface area contributed by atoms with Gasteiger partial charge in [0.1, 0.15) is 0 Å². The molecule has 0 bridgehead atoms. The van der Waals surface area contributed by atoms with E-state index in [2.05, 4.69) is 81.2 Å². The second-order valence-electron chi connectivity index (χ2n) is 14.7. The van der Waals surface area contributed by atoms with Crippen molar-refractivity contribution in [3.05, 3.63) is 0 Å². The summed E-state index contributed by atoms with van der Waals surface area (Å²) in [5.74, 6) is 2.12. The summed E-state index contributed by atoms with van der Waals surface area (Å²) >= 11 is 0. The van der Waals surface area contributed by atoms with Crippen molar-refractivity contribution < 1.29 is 13.6 Å². The van der Waals surface area contributed by atoms with Crippen LogP contribution < -0.4 is 0 Å². The Hall–Kier alpha value is 0.314. The van der Waals surface area contributed by atoms with Gasteiger partial charge < -0.3 is 13.6 Å². The summed E-state index contributed by atoms with van der Waals surface area (Å²) < 4.78 is 19.6. The van der Waals surface area contributed by atoms with Gasteiger partial charge in [0, 0.05) is 19.3 Å². The van der Waals surface area contributed by atoms with Crippen LogP contribution in [0.3, 0.4) is 0 Å². The highest BCUT2D eigenvalue weighted by atomic mass is 28.4. The van der Waals surface area contributed by atoms with E-state index in [1.807, 2.05) is 0 Å². The third kappa shape index (κ3) is 7.90. The van der Waals surface area contributed by atoms with Crippen LogP contribution in [0.1, 0.15) is 93.4 Å². The van der Waals surface area contributed by atoms with Crippen molar-refractivity contribution in [3.8, 4) is 0 Å². The lowest BCUT2D eigenvalue weighted by atomic mass is 9.62. The van der Waals surface area contributed by atoms with Gasteiger partial charge in [-0.25, -0.2) is 0 Å². The average molecular weight is 499 g/mol. The predicted octanol–water partition coefficient (Wildman–Crippen LogP) is 8.66. The predicted molar refractivity (Wildman–Crippen MR) is 148 cm³/mol. The van der Waals surface area contributed by atoms with Crippen molar-refractivity contribution in [2.75, 3.05) is 13.2 Å². The van der Waals surface area contributed by atoms with Crippen LogP contribution in [-0.4, -0.2) is 41.6 Å². The SMILES string of the molecule is C[C@@H](COCCCC(C)(C)O[Si](C)(C)C)[C@H]1CC[C@H]2[C@@H](O[Si](C)(C)C(C)(C)C)CCC[C@]12C. The average Bonchev–Trinajstić information content (AvgIpc) is 2.96. The van der Waals surface area contributed by atoms with Crippen LogP contribution in [0, 0.1) is 23.2 Å². The number of ether oxygens (including phenoxy) is 1. The quantitative estimate of drug-likeness (QED) is 0.211. The van der Waals surface area contributed by atoms with Gasteiger partial charge in [-0.1, -0.05) is 41.0 Å². The molecule has 2 rings (SSSR count). The van der Waals surface area contributed by atoms with Crippen molar-refractivity contribution in [2.45, 2.75) is 143 Å². The molecule has 0 N–H and O–H groups in total. The first kappa shape index (κ1) is 29.5. The Kier molecular flexibility index (Phi) is 9.62. The summed E-state index contributed by atoms with van der Waals surface area (Å²) in [6.07, 6.45) is 9.26. The summed E-state index contributed by atoms with van der Waals surface area (Å²) in [4.78, 5) is 0. The molecule has 2 aliphatic rings. The lowest BCUT2D eigenvalue weighted by Gasteiger charge is -2.49. The zero-order valence-corrected chi connectivity index (χ0v) is 26.4. The fourth-order valence-corrected chi connectivity index (χ4v) is 9.81. The lowest BCUT2D eigenvalue weighted by Crippen LogP contribution is -2.50. The maximum Gasteiger partial charge on any atom is 0.192 e. The Bertz CT molecular complexity index is 620. The Morgan fingerprint density at radius 2 is 1.61 bits per heavy atom. The minimum Gasteiger partial charge on any atom is -0.414 e. The van der Waals surface area contributed by atoms with E-state index in [-0.39, 0.29) is 10.6 Å². The monoisotopic (exact) mass is 498 g/mol. The first-order valence-corrected chi connectivity index (χ1v) is 20.2. The van der Waals surface area contributed by atoms with Gasteiger partial charge in [-0.15, -0.1) is 0 Å². The van der Waals surface area contributed by atoms with Crippen molar-refractivity contribution in [1.82, 2.24) is 0 Å². The summed E-state index contributed by atoms with van der Waals surface area (Å²) in [5.41, 5.74) is 0.383. The zero-order valence-electron chi connectivity index (χ0n) is 24.4. The molecule has 33 heavy (non-hydrogen) atoms. The molecule has 2 aliphatic carbocycles. The van der Waals surface area contributed by atoms with E-state index in [1.54, 1.807) is 0 Å². The van der Waals surface area contributed by atoms with Gasteiger partial charge >= 0.3 is 0 Å². The molecule has 0 aromatic heterocycles. The van der Waals surface area contributed by atoms with E-state index in [0.29, 0.717) is 17.4 Å². The molecule has 0 spiro atoms. The van der Waals surface area contributed by atoms with Crippen LogP contribution in [0.25, 0.3) is 0 Å². The zero-order chi connectivity index (χ0) is 25.3. The smallest absolute Gasteiger partial charge is 0.192 e. The van der Waals surface area contributed by atoms with Gasteiger partial charge in [0.25, 0.3) is 0 Å². The van der Waals surface area contributed by atoms with Gasteiger partial charge in [-0.2, -0.15) is 0 Å². The second kappa shape index (κ2) is 10.7. The molecule has 0 saturated heterocycles. The van der Waals surface area contributed by atoms with Crippen LogP contribution in [0.2, 0.25) is 37.8 Å². The van der Waals surface area contributed by atoms with Gasteiger partial charge in [-0.05, 0) is 113 Å². The van der Waals surface area contributed by atoms with Crippen molar-refractivity contribution in [1.29, 1.82) is 0 Å². The molecule has 3 nitrogen and oxygen atoms in total. The minimum atomic E-state index is -1.73.